The maximum absolute atomic E-state index is 9.49. The van der Waals surface area contributed by atoms with Gasteiger partial charge in [0.1, 0.15) is 0 Å². The first kappa shape index (κ1) is 5.34. The molecule has 25 valence electrons. The van der Waals surface area contributed by atoms with Crippen LogP contribution in [0.4, 0.5) is 0 Å². The van der Waals surface area contributed by atoms with Crippen LogP contribution in [-0.2, 0) is 18.5 Å². The monoisotopic (exact) mass is 223 g/mol. The van der Waals surface area contributed by atoms with Gasteiger partial charge in [0.25, 0.3) is 0 Å². The van der Waals surface area contributed by atoms with Gasteiger partial charge in [0, 0.05) is 0 Å². The van der Waals surface area contributed by atoms with E-state index in [4.69, 9.17) is 0 Å². The van der Waals surface area contributed by atoms with Gasteiger partial charge in [-0.15, -0.1) is 0 Å². The van der Waals surface area contributed by atoms with Gasteiger partial charge in [0.2, 0.25) is 0 Å². The molecule has 4 heteroatoms. The predicted molar refractivity (Wildman–Crippen MR) is 16.4 cm³/mol. The summed E-state index contributed by atoms with van der Waals surface area (Å²) in [6, 6.07) is 0. The summed E-state index contributed by atoms with van der Waals surface area (Å²) in [4.78, 5) is 0. The van der Waals surface area contributed by atoms with E-state index in [0.29, 0.717) is 0 Å². The molecule has 0 radical (unpaired) electrons. The van der Waals surface area contributed by atoms with Crippen LogP contribution in [-0.4, -0.2) is 26.0 Å². The Kier molecular flexibility index (Phi) is 5.78. The van der Waals surface area contributed by atoms with E-state index in [-0.39, 0.29) is 5.63 Å². The summed E-state index contributed by atoms with van der Waals surface area (Å²) in [5, 5.41) is 0. The molecule has 0 unspecified atom stereocenters. The molecule has 0 bridgehead atoms. The van der Waals surface area contributed by atoms with Crippen LogP contribution in [0.25, 0.3) is 0 Å². The molecule has 0 aliphatic heterocycles. The summed E-state index contributed by atoms with van der Waals surface area (Å²) < 4.78 is 9.49. The Hall–Kier alpha value is 1.34. The fraction of sp³-hybridized carbons (Fsp3) is 0. The first-order chi connectivity index (χ1) is 1.91. The second-order valence-corrected chi connectivity index (χ2v) is 15.3. The molecule has 0 aliphatic carbocycles. The van der Waals surface area contributed by atoms with Crippen molar-refractivity contribution in [3.8, 4) is 0 Å². The summed E-state index contributed by atoms with van der Waals surface area (Å²) in [5.41, 5.74) is -0.191. The van der Waals surface area contributed by atoms with Crippen molar-refractivity contribution in [3.63, 3.8) is 0 Å². The van der Waals surface area contributed by atoms with Crippen LogP contribution in [0.3, 0.4) is 0 Å². The van der Waals surface area contributed by atoms with Crippen LogP contribution in [0.1, 0.15) is 0 Å². The Morgan fingerprint density at radius 3 is 2.25 bits per heavy atom. The van der Waals surface area contributed by atoms with E-state index < -0.39 is 20.3 Å². The van der Waals surface area contributed by atoms with Crippen molar-refractivity contribution in [3.05, 3.63) is 0 Å². The summed E-state index contributed by atoms with van der Waals surface area (Å²) in [7, 11) is 0. The van der Waals surface area contributed by atoms with Crippen molar-refractivity contribution in [2.45, 2.75) is 0 Å². The molecule has 0 heterocycles. The van der Waals surface area contributed by atoms with Crippen molar-refractivity contribution in [2.24, 2.45) is 0 Å². The zero-order valence-electron chi connectivity index (χ0n) is 2.05. The number of rotatable bonds is 1. The molecule has 0 aromatic rings. The first-order valence-corrected chi connectivity index (χ1v) is 12.9. The molecule has 1 nitrogen and oxygen atoms in total. The number of hydrogen-bond donors (Lipinski definition) is 0. The van der Waals surface area contributed by atoms with Crippen molar-refractivity contribution in [1.82, 2.24) is 0 Å². The molecule has 0 saturated heterocycles. The van der Waals surface area contributed by atoms with Crippen molar-refractivity contribution < 1.29 is 18.5 Å². The summed E-state index contributed by atoms with van der Waals surface area (Å²) in [5.74, 6) is 0. The second-order valence-electron chi connectivity index (χ2n) is 0.311. The van der Waals surface area contributed by atoms with Crippen LogP contribution < -0.4 is 0 Å². The van der Waals surface area contributed by atoms with E-state index in [2.05, 4.69) is 15.4 Å². The van der Waals surface area contributed by atoms with Gasteiger partial charge in [-0.3, -0.25) is 0 Å². The Morgan fingerprint density at radius 1 is 2.00 bits per heavy atom. The predicted octanol–water partition coefficient (Wildman–Crippen LogP) is -1.69. The van der Waals surface area contributed by atoms with Gasteiger partial charge in [0.05, 0.1) is 0 Å². The van der Waals surface area contributed by atoms with E-state index in [9.17, 15) is 3.08 Å². The average Bonchev–Trinajstić information content (AvgIpc) is 1.37. The zero-order valence-corrected chi connectivity index (χ0v) is 7.86. The first-order valence-electron chi connectivity index (χ1n) is 0.894. The molecule has 0 atom stereocenters. The van der Waals surface area contributed by atoms with Gasteiger partial charge in [-0.1, -0.05) is 0 Å². The molecule has 0 aliphatic rings. The molecule has 0 amide bonds. The molecule has 4 heavy (non-hydrogen) atoms. The summed E-state index contributed by atoms with van der Waals surface area (Å²) in [6.45, 7) is 0. The minimum absolute atomic E-state index is 0.191. The molecular weight excluding hydrogens is 219 g/mol. The standard InChI is InChI=1S/Fe.O.H2Si.Sn.H/h;;1H2;;. The van der Waals surface area contributed by atoms with Crippen molar-refractivity contribution in [1.29, 1.82) is 0 Å². The second kappa shape index (κ2) is 4.34. The topological polar surface area (TPSA) is 17.1 Å². The molecule has 0 fully saturated rings. The van der Waals surface area contributed by atoms with Crippen LogP contribution in [0, 0.1) is 0 Å². The Balaban J connectivity index is 2.30. The summed E-state index contributed by atoms with van der Waals surface area (Å²) >= 11 is 2.39. The van der Waals surface area contributed by atoms with Gasteiger partial charge in [0.15, 0.2) is 0 Å². The molecule has 0 rings (SSSR count). The maximum atomic E-state index is 9.49. The summed E-state index contributed by atoms with van der Waals surface area (Å²) in [6.07, 6.45) is 0. The van der Waals surface area contributed by atoms with Crippen molar-refractivity contribution in [2.75, 3.05) is 0 Å². The SMILES string of the molecule is [O]=[SnH][SiH2][Fe]. The van der Waals surface area contributed by atoms with Crippen LogP contribution in [0.2, 0.25) is 0 Å². The molecule has 0 spiro atoms. The van der Waals surface area contributed by atoms with Gasteiger partial charge in [-0.25, -0.2) is 0 Å². The molecular formula is H3FeOSiSn. The van der Waals surface area contributed by atoms with Gasteiger partial charge in [-0.05, 0) is 0 Å². The van der Waals surface area contributed by atoms with Gasteiger partial charge >= 0.3 is 44.4 Å². The third kappa shape index (κ3) is 3.34. The Bertz CT molecular complexity index is 22.0. The Labute approximate surface area is 44.3 Å². The molecule has 0 aromatic heterocycles. The van der Waals surface area contributed by atoms with Crippen LogP contribution >= 0.6 is 0 Å². The molecule has 0 saturated carbocycles. The minimum atomic E-state index is -1.13. The van der Waals surface area contributed by atoms with E-state index in [1.807, 2.05) is 0 Å². The fourth-order valence-electron chi connectivity index (χ4n) is 0. The van der Waals surface area contributed by atoms with E-state index in [0.717, 1.165) is 0 Å². The number of hydrogen-bond acceptors (Lipinski definition) is 1. The van der Waals surface area contributed by atoms with Gasteiger partial charge in [-0.2, -0.15) is 0 Å². The van der Waals surface area contributed by atoms with E-state index >= 15 is 0 Å². The van der Waals surface area contributed by atoms with E-state index in [1.165, 1.54) is 0 Å². The van der Waals surface area contributed by atoms with Crippen LogP contribution in [0.5, 0.6) is 0 Å². The normalized spacial score (nSPS) is 9.25. The molecule has 0 N–H and O–H groups in total. The van der Waals surface area contributed by atoms with Gasteiger partial charge < -0.3 is 0 Å². The fourth-order valence-corrected chi connectivity index (χ4v) is 0. The van der Waals surface area contributed by atoms with E-state index in [1.54, 1.807) is 0 Å². The third-order valence-corrected chi connectivity index (χ3v) is 4.89. The van der Waals surface area contributed by atoms with Crippen LogP contribution in [0.15, 0.2) is 0 Å². The average molecular weight is 222 g/mol. The van der Waals surface area contributed by atoms with Crippen molar-refractivity contribution >= 4 is 26.0 Å². The zero-order chi connectivity index (χ0) is 3.41. The Morgan fingerprint density at radius 2 is 2.25 bits per heavy atom. The molecule has 0 aromatic carbocycles. The quantitative estimate of drug-likeness (QED) is 0.484. The third-order valence-electron chi connectivity index (χ3n) is 0.0589.